The molecular weight excluding hydrogens is 436 g/mol. The number of benzene rings is 1. The van der Waals surface area contributed by atoms with Crippen molar-refractivity contribution in [3.8, 4) is 5.75 Å². The summed E-state index contributed by atoms with van der Waals surface area (Å²) < 4.78 is 0. The Morgan fingerprint density at radius 2 is 1.68 bits per heavy atom. The van der Waals surface area contributed by atoms with Gasteiger partial charge in [-0.1, -0.05) is 33.8 Å². The van der Waals surface area contributed by atoms with E-state index < -0.39 is 51.0 Å². The van der Waals surface area contributed by atoms with Crippen molar-refractivity contribution in [1.29, 1.82) is 0 Å². The van der Waals surface area contributed by atoms with Crippen LogP contribution in [0.4, 0.5) is 0 Å². The summed E-state index contributed by atoms with van der Waals surface area (Å²) in [5, 5.41) is 45.3. The molecule has 4 N–H and O–H groups in total. The van der Waals surface area contributed by atoms with Crippen LogP contribution in [0.5, 0.6) is 5.75 Å². The molecule has 34 heavy (non-hydrogen) atoms. The molecule has 7 nitrogen and oxygen atoms in total. The van der Waals surface area contributed by atoms with Crippen molar-refractivity contribution in [2.45, 2.75) is 66.9 Å². The second-order valence-corrected chi connectivity index (χ2v) is 11.2. The number of phenols is 1. The summed E-state index contributed by atoms with van der Waals surface area (Å²) in [7, 11) is 0. The van der Waals surface area contributed by atoms with Crippen molar-refractivity contribution < 1.29 is 34.8 Å². The fourth-order valence-corrected chi connectivity index (χ4v) is 7.15. The maximum Gasteiger partial charge on any atom is 0.209 e. The van der Waals surface area contributed by atoms with Crippen LogP contribution in [0, 0.1) is 36.5 Å². The van der Waals surface area contributed by atoms with E-state index in [-0.39, 0.29) is 35.0 Å². The molecule has 0 spiro atoms. The van der Waals surface area contributed by atoms with Crippen LogP contribution in [0.2, 0.25) is 0 Å². The summed E-state index contributed by atoms with van der Waals surface area (Å²) in [5.74, 6) is -4.95. The Balaban J connectivity index is 2.10. The number of allylic oxidation sites excluding steroid dienone is 2. The van der Waals surface area contributed by atoms with Crippen LogP contribution in [0.3, 0.4) is 0 Å². The number of Topliss-reactive ketones (excluding diaryl/α,β-unsaturated/α-hetero) is 3. The molecule has 0 fully saturated rings. The van der Waals surface area contributed by atoms with Crippen LogP contribution in [-0.4, -0.2) is 43.4 Å². The third-order valence-corrected chi connectivity index (χ3v) is 8.42. The fourth-order valence-electron chi connectivity index (χ4n) is 7.15. The molecular formula is C27H32O7. The molecule has 4 atom stereocenters. The maximum atomic E-state index is 13.8. The summed E-state index contributed by atoms with van der Waals surface area (Å²) in [6, 6.07) is 1.80. The van der Waals surface area contributed by atoms with Crippen LogP contribution in [0.15, 0.2) is 28.7 Å². The van der Waals surface area contributed by atoms with Crippen molar-refractivity contribution in [3.05, 3.63) is 51.0 Å². The molecule has 1 aromatic rings. The second kappa shape index (κ2) is 7.04. The molecule has 0 saturated heterocycles. The van der Waals surface area contributed by atoms with Gasteiger partial charge in [-0.3, -0.25) is 14.4 Å². The highest BCUT2D eigenvalue weighted by atomic mass is 16.3. The van der Waals surface area contributed by atoms with Gasteiger partial charge in [0.2, 0.25) is 5.78 Å². The molecule has 0 amide bonds. The number of rotatable bonds is 2. The number of hydrogen-bond acceptors (Lipinski definition) is 7. The zero-order valence-electron chi connectivity index (χ0n) is 20.7. The van der Waals surface area contributed by atoms with Crippen LogP contribution in [-0.2, 0) is 16.0 Å². The van der Waals surface area contributed by atoms with Crippen LogP contribution in [0.1, 0.15) is 68.1 Å². The van der Waals surface area contributed by atoms with Crippen molar-refractivity contribution in [2.75, 3.05) is 0 Å². The Labute approximate surface area is 198 Å². The molecule has 182 valence electrons. The van der Waals surface area contributed by atoms with Gasteiger partial charge in [0.15, 0.2) is 17.2 Å². The molecule has 3 aliphatic carbocycles. The van der Waals surface area contributed by atoms with Gasteiger partial charge in [-0.05, 0) is 56.2 Å². The summed E-state index contributed by atoms with van der Waals surface area (Å²) in [4.78, 5) is 39.7. The van der Waals surface area contributed by atoms with E-state index in [0.717, 1.165) is 12.5 Å². The third-order valence-electron chi connectivity index (χ3n) is 8.42. The molecule has 0 radical (unpaired) electrons. The van der Waals surface area contributed by atoms with Gasteiger partial charge >= 0.3 is 0 Å². The summed E-state index contributed by atoms with van der Waals surface area (Å²) in [6.45, 7) is 11.7. The highest BCUT2D eigenvalue weighted by molar-refractivity contribution is 6.25. The third kappa shape index (κ3) is 2.64. The van der Waals surface area contributed by atoms with Gasteiger partial charge in [0, 0.05) is 22.3 Å². The summed E-state index contributed by atoms with van der Waals surface area (Å²) in [6.07, 6.45) is 0.390. The smallest absolute Gasteiger partial charge is 0.209 e. The van der Waals surface area contributed by atoms with Crippen molar-refractivity contribution >= 4 is 17.3 Å². The number of aryl methyl sites for hydroxylation is 2. The van der Waals surface area contributed by atoms with E-state index in [1.807, 2.05) is 20.8 Å². The van der Waals surface area contributed by atoms with Crippen LogP contribution < -0.4 is 0 Å². The van der Waals surface area contributed by atoms with E-state index in [1.165, 1.54) is 0 Å². The summed E-state index contributed by atoms with van der Waals surface area (Å²) >= 11 is 0. The van der Waals surface area contributed by atoms with Gasteiger partial charge < -0.3 is 20.4 Å². The first-order valence-corrected chi connectivity index (χ1v) is 11.6. The van der Waals surface area contributed by atoms with E-state index in [0.29, 0.717) is 17.5 Å². The van der Waals surface area contributed by atoms with Gasteiger partial charge in [-0.25, -0.2) is 0 Å². The average Bonchev–Trinajstić information content (AvgIpc) is 2.68. The molecule has 0 aromatic heterocycles. The zero-order valence-corrected chi connectivity index (χ0v) is 20.7. The largest absolute Gasteiger partial charge is 0.511 e. The highest BCUT2D eigenvalue weighted by Crippen LogP contribution is 2.65. The monoisotopic (exact) mass is 468 g/mol. The second-order valence-electron chi connectivity index (χ2n) is 11.2. The minimum absolute atomic E-state index is 0.0672. The number of hydrogen-bond donors (Lipinski definition) is 4. The Bertz CT molecular complexity index is 1250. The van der Waals surface area contributed by atoms with Gasteiger partial charge in [-0.2, -0.15) is 0 Å². The number of aromatic hydroxyl groups is 1. The highest BCUT2D eigenvalue weighted by Gasteiger charge is 2.71. The molecule has 0 bridgehead atoms. The maximum absolute atomic E-state index is 13.8. The lowest BCUT2D eigenvalue weighted by Gasteiger charge is -2.59. The minimum atomic E-state index is -2.58. The normalized spacial score (nSPS) is 33.1. The SMILES string of the molecule is CC(=O)C1=C(O)C(C(C)C)[C@@]2(C)C[C@@]3(C)Cc4c(C)cc(C)c(O)c4C(=O)C3=C(O)[C@@]2(O)C1=O. The molecule has 7 heteroatoms. The quantitative estimate of drug-likeness (QED) is 0.483. The molecule has 0 saturated carbocycles. The predicted octanol–water partition coefficient (Wildman–Crippen LogP) is 3.96. The number of aliphatic hydroxyl groups is 3. The zero-order chi connectivity index (χ0) is 25.7. The first-order chi connectivity index (χ1) is 15.5. The van der Waals surface area contributed by atoms with E-state index in [1.54, 1.807) is 26.8 Å². The number of fused-ring (bicyclic) bond motifs is 3. The van der Waals surface area contributed by atoms with Gasteiger partial charge in [-0.15, -0.1) is 0 Å². The van der Waals surface area contributed by atoms with Crippen molar-refractivity contribution in [1.82, 2.24) is 0 Å². The van der Waals surface area contributed by atoms with Gasteiger partial charge in [0.25, 0.3) is 0 Å². The number of carbonyl (C=O) groups is 3. The lowest BCUT2D eigenvalue weighted by molar-refractivity contribution is -0.171. The summed E-state index contributed by atoms with van der Waals surface area (Å²) in [5.41, 5.74) is -3.57. The molecule has 4 rings (SSSR count). The van der Waals surface area contributed by atoms with Crippen LogP contribution >= 0.6 is 0 Å². The molecule has 0 aliphatic heterocycles. The Kier molecular flexibility index (Phi) is 5.01. The number of phenolic OH excluding ortho intramolecular Hbond substituents is 1. The average molecular weight is 469 g/mol. The lowest BCUT2D eigenvalue weighted by Crippen LogP contribution is -2.67. The van der Waals surface area contributed by atoms with Gasteiger partial charge in [0.05, 0.1) is 5.56 Å². The van der Waals surface area contributed by atoms with E-state index in [9.17, 15) is 34.8 Å². The van der Waals surface area contributed by atoms with E-state index in [2.05, 4.69) is 0 Å². The minimum Gasteiger partial charge on any atom is -0.511 e. The van der Waals surface area contributed by atoms with Crippen molar-refractivity contribution in [3.63, 3.8) is 0 Å². The number of aliphatic hydroxyl groups excluding tert-OH is 2. The topological polar surface area (TPSA) is 132 Å². The van der Waals surface area contributed by atoms with E-state index >= 15 is 0 Å². The predicted molar refractivity (Wildman–Crippen MR) is 125 cm³/mol. The lowest BCUT2D eigenvalue weighted by atomic mass is 9.44. The molecule has 0 heterocycles. The standard InChI is InChI=1S/C27H32O7/c1-11(2)18-21(30)16(14(5)28)23(32)27(34)24(33)19-22(31)17-15(12(3)8-13(4)20(17)29)9-25(19,6)10-26(18,27)7/h8,11,18,29-30,33-34H,9-10H2,1-7H3/t18?,25-,26-,27+/m1/s1. The molecule has 1 aromatic carbocycles. The Morgan fingerprint density at radius 1 is 1.09 bits per heavy atom. The first-order valence-electron chi connectivity index (χ1n) is 11.6. The first kappa shape index (κ1) is 24.2. The number of carbonyl (C=O) groups excluding carboxylic acids is 3. The fraction of sp³-hybridized carbons (Fsp3) is 0.519. The number of ketones is 3. The Hall–Kier alpha value is -2.93. The molecule has 1 unspecified atom stereocenters. The van der Waals surface area contributed by atoms with E-state index in [4.69, 9.17) is 0 Å². The Morgan fingerprint density at radius 3 is 2.21 bits per heavy atom. The van der Waals surface area contributed by atoms with Crippen LogP contribution in [0.25, 0.3) is 0 Å². The van der Waals surface area contributed by atoms with Crippen molar-refractivity contribution in [2.24, 2.45) is 22.7 Å². The van der Waals surface area contributed by atoms with Gasteiger partial charge in [0.1, 0.15) is 22.8 Å². The molecule has 3 aliphatic rings.